The average Bonchev–Trinajstić information content (AvgIpc) is 2.97. The molecule has 1 saturated heterocycles. The summed E-state index contributed by atoms with van der Waals surface area (Å²) in [5.41, 5.74) is 2.34. The molecule has 2 rings (SSSR count). The second kappa shape index (κ2) is 5.92. The molecule has 116 valence electrons. The number of ether oxygens (including phenoxy) is 1. The van der Waals surface area contributed by atoms with E-state index in [2.05, 4.69) is 18.8 Å². The maximum atomic E-state index is 12.8. The van der Waals surface area contributed by atoms with Crippen molar-refractivity contribution in [1.29, 1.82) is 0 Å². The Morgan fingerprint density at radius 2 is 2.05 bits per heavy atom. The van der Waals surface area contributed by atoms with Crippen molar-refractivity contribution in [3.05, 3.63) is 22.5 Å². The van der Waals surface area contributed by atoms with E-state index < -0.39 is 5.97 Å². The van der Waals surface area contributed by atoms with Crippen LogP contribution in [0.5, 0.6) is 0 Å². The van der Waals surface area contributed by atoms with Gasteiger partial charge in [-0.25, -0.2) is 4.79 Å². The Hall–Kier alpha value is -1.78. The average molecular weight is 292 g/mol. The third-order valence-corrected chi connectivity index (χ3v) is 4.74. The molecule has 5 heteroatoms. The highest BCUT2D eigenvalue weighted by Gasteiger charge is 2.35. The van der Waals surface area contributed by atoms with Crippen LogP contribution in [-0.4, -0.2) is 41.5 Å². The van der Waals surface area contributed by atoms with Crippen LogP contribution >= 0.6 is 0 Å². The number of likely N-dealkylation sites (tertiary alicyclic amines) is 1. The molecule has 0 saturated carbocycles. The number of nitrogens with zero attached hydrogens (tertiary/aromatic N) is 1. The number of rotatable bonds is 3. The summed E-state index contributed by atoms with van der Waals surface area (Å²) in [5, 5.41) is 0. The molecule has 0 aromatic carbocycles. The van der Waals surface area contributed by atoms with Crippen LogP contribution in [0.1, 0.15) is 58.8 Å². The van der Waals surface area contributed by atoms with Crippen LogP contribution in [0.2, 0.25) is 0 Å². The molecule has 2 atom stereocenters. The van der Waals surface area contributed by atoms with E-state index in [-0.39, 0.29) is 11.9 Å². The predicted molar refractivity (Wildman–Crippen MR) is 80.5 cm³/mol. The van der Waals surface area contributed by atoms with E-state index in [4.69, 9.17) is 4.74 Å². The number of carbonyl (C=O) groups is 2. The van der Waals surface area contributed by atoms with Crippen LogP contribution in [0.4, 0.5) is 0 Å². The Morgan fingerprint density at radius 3 is 2.57 bits per heavy atom. The van der Waals surface area contributed by atoms with Gasteiger partial charge < -0.3 is 14.6 Å². The first kappa shape index (κ1) is 15.6. The maximum absolute atomic E-state index is 12.8. The first-order valence-corrected chi connectivity index (χ1v) is 7.50. The van der Waals surface area contributed by atoms with Gasteiger partial charge in [0.05, 0.1) is 12.7 Å². The molecule has 1 aliphatic rings. The molecule has 0 unspecified atom stereocenters. The van der Waals surface area contributed by atoms with E-state index >= 15 is 0 Å². The minimum atomic E-state index is -0.402. The number of aromatic amines is 1. The number of carbonyl (C=O) groups excluding carboxylic acids is 2. The number of aryl methyl sites for hydroxylation is 1. The standard InChI is InChI=1S/C16H24N2O3/c1-6-12-7-8-18(11(12)4)15(19)14-9(2)13(10(3)17-14)16(20)21-5/h11-12,17H,6-8H2,1-5H3/t11-,12+/m0/s1. The molecule has 1 aliphatic heterocycles. The fourth-order valence-corrected chi connectivity index (χ4v) is 3.35. The maximum Gasteiger partial charge on any atom is 0.339 e. The smallest absolute Gasteiger partial charge is 0.339 e. The molecular weight excluding hydrogens is 268 g/mol. The van der Waals surface area contributed by atoms with Crippen molar-refractivity contribution in [2.45, 2.75) is 46.6 Å². The van der Waals surface area contributed by atoms with Crippen molar-refractivity contribution in [3.63, 3.8) is 0 Å². The number of amides is 1. The van der Waals surface area contributed by atoms with Crippen LogP contribution in [0.3, 0.4) is 0 Å². The lowest BCUT2D eigenvalue weighted by molar-refractivity contribution is 0.0599. The van der Waals surface area contributed by atoms with Gasteiger partial charge in [0.25, 0.3) is 5.91 Å². The van der Waals surface area contributed by atoms with Crippen LogP contribution in [0.15, 0.2) is 0 Å². The summed E-state index contributed by atoms with van der Waals surface area (Å²) in [5.74, 6) is 0.140. The van der Waals surface area contributed by atoms with Gasteiger partial charge in [0.15, 0.2) is 0 Å². The minimum Gasteiger partial charge on any atom is -0.465 e. The van der Waals surface area contributed by atoms with Crippen molar-refractivity contribution in [1.82, 2.24) is 9.88 Å². The number of hydrogen-bond acceptors (Lipinski definition) is 3. The highest BCUT2D eigenvalue weighted by atomic mass is 16.5. The molecule has 2 heterocycles. The number of aromatic nitrogens is 1. The van der Waals surface area contributed by atoms with Gasteiger partial charge in [-0.3, -0.25) is 4.79 Å². The van der Waals surface area contributed by atoms with Gasteiger partial charge in [-0.1, -0.05) is 13.3 Å². The van der Waals surface area contributed by atoms with Gasteiger partial charge in [0, 0.05) is 18.3 Å². The molecule has 0 aliphatic carbocycles. The lowest BCUT2D eigenvalue weighted by Crippen LogP contribution is -2.36. The largest absolute Gasteiger partial charge is 0.465 e. The molecule has 1 aromatic rings. The number of hydrogen-bond donors (Lipinski definition) is 1. The van der Waals surface area contributed by atoms with Crippen LogP contribution < -0.4 is 0 Å². The van der Waals surface area contributed by atoms with Crippen LogP contribution in [-0.2, 0) is 4.74 Å². The highest BCUT2D eigenvalue weighted by Crippen LogP contribution is 2.29. The Balaban J connectivity index is 2.31. The van der Waals surface area contributed by atoms with Crippen LogP contribution in [0.25, 0.3) is 0 Å². The molecule has 5 nitrogen and oxygen atoms in total. The molecule has 0 spiro atoms. The second-order valence-electron chi connectivity index (χ2n) is 5.81. The molecule has 1 amide bonds. The summed E-state index contributed by atoms with van der Waals surface area (Å²) in [6, 6.07) is 0.243. The van der Waals surface area contributed by atoms with Crippen molar-refractivity contribution < 1.29 is 14.3 Å². The summed E-state index contributed by atoms with van der Waals surface area (Å²) < 4.78 is 4.79. The van der Waals surface area contributed by atoms with Gasteiger partial charge in [-0.15, -0.1) is 0 Å². The SMILES string of the molecule is CC[C@@H]1CCN(C(=O)c2[nH]c(C)c(C(=O)OC)c2C)[C@H]1C. The zero-order chi connectivity index (χ0) is 15.7. The van der Waals surface area contributed by atoms with Crippen molar-refractivity contribution in [2.24, 2.45) is 5.92 Å². The van der Waals surface area contributed by atoms with Gasteiger partial charge in [-0.05, 0) is 38.7 Å². The molecule has 21 heavy (non-hydrogen) atoms. The molecule has 0 bridgehead atoms. The number of H-pyrrole nitrogens is 1. The Kier molecular flexibility index (Phi) is 4.40. The van der Waals surface area contributed by atoms with E-state index in [1.165, 1.54) is 7.11 Å². The summed E-state index contributed by atoms with van der Waals surface area (Å²) in [6.07, 6.45) is 2.13. The monoisotopic (exact) mass is 292 g/mol. The van der Waals surface area contributed by atoms with Gasteiger partial charge in [0.2, 0.25) is 0 Å². The molecule has 1 aromatic heterocycles. The molecule has 0 radical (unpaired) electrons. The summed E-state index contributed by atoms with van der Waals surface area (Å²) in [4.78, 5) is 29.5. The Labute approximate surface area is 125 Å². The normalized spacial score (nSPS) is 21.7. The third-order valence-electron chi connectivity index (χ3n) is 4.74. The zero-order valence-corrected chi connectivity index (χ0v) is 13.4. The van der Waals surface area contributed by atoms with Gasteiger partial charge in [-0.2, -0.15) is 0 Å². The highest BCUT2D eigenvalue weighted by molar-refractivity contribution is 6.00. The topological polar surface area (TPSA) is 62.4 Å². The van der Waals surface area contributed by atoms with Crippen molar-refractivity contribution in [3.8, 4) is 0 Å². The van der Waals surface area contributed by atoms with Gasteiger partial charge >= 0.3 is 5.97 Å². The van der Waals surface area contributed by atoms with Gasteiger partial charge in [0.1, 0.15) is 5.69 Å². The van der Waals surface area contributed by atoms with E-state index in [0.717, 1.165) is 19.4 Å². The number of esters is 1. The first-order valence-electron chi connectivity index (χ1n) is 7.50. The summed E-state index contributed by atoms with van der Waals surface area (Å²) >= 11 is 0. The molecule has 1 fully saturated rings. The number of methoxy groups -OCH3 is 1. The minimum absolute atomic E-state index is 0.0193. The summed E-state index contributed by atoms with van der Waals surface area (Å²) in [6.45, 7) is 8.63. The zero-order valence-electron chi connectivity index (χ0n) is 13.4. The fourth-order valence-electron chi connectivity index (χ4n) is 3.35. The second-order valence-corrected chi connectivity index (χ2v) is 5.81. The van der Waals surface area contributed by atoms with Crippen molar-refractivity contribution in [2.75, 3.05) is 13.7 Å². The lowest BCUT2D eigenvalue weighted by Gasteiger charge is -2.24. The predicted octanol–water partition coefficient (Wildman–Crippen LogP) is 2.68. The third kappa shape index (κ3) is 2.57. The number of nitrogens with one attached hydrogen (secondary N) is 1. The molecule has 1 N–H and O–H groups in total. The van der Waals surface area contributed by atoms with E-state index in [1.807, 2.05) is 4.90 Å². The van der Waals surface area contributed by atoms with E-state index in [0.29, 0.717) is 28.4 Å². The Morgan fingerprint density at radius 1 is 1.38 bits per heavy atom. The van der Waals surface area contributed by atoms with E-state index in [9.17, 15) is 9.59 Å². The van der Waals surface area contributed by atoms with Crippen molar-refractivity contribution >= 4 is 11.9 Å². The fraction of sp³-hybridized carbons (Fsp3) is 0.625. The quantitative estimate of drug-likeness (QED) is 0.871. The molecular formula is C16H24N2O3. The summed E-state index contributed by atoms with van der Waals surface area (Å²) in [7, 11) is 1.35. The first-order chi connectivity index (χ1) is 9.92. The lowest BCUT2D eigenvalue weighted by atomic mass is 9.99. The Bertz CT molecular complexity index is 562. The van der Waals surface area contributed by atoms with Crippen LogP contribution in [0, 0.1) is 19.8 Å². The van der Waals surface area contributed by atoms with E-state index in [1.54, 1.807) is 13.8 Å².